The average molecular weight is 446 g/mol. The van der Waals surface area contributed by atoms with Crippen LogP contribution in [0.5, 0.6) is 0 Å². The maximum atomic E-state index is 5.60. The number of aryl methyl sites for hydroxylation is 1. The average Bonchev–Trinajstić information content (AvgIpc) is 3.23. The van der Waals surface area contributed by atoms with E-state index >= 15 is 0 Å². The lowest BCUT2D eigenvalue weighted by atomic mass is 9.90. The SMILES string of the molecule is CN(Cc1ccccc1)c1ncnc2c1sc1nc(N3CCOCC3)c3c(c12)CCCC3. The Morgan fingerprint density at radius 2 is 1.81 bits per heavy atom. The second-order valence-corrected chi connectivity index (χ2v) is 9.70. The number of pyridine rings is 1. The van der Waals surface area contributed by atoms with Gasteiger partial charge in [-0.25, -0.2) is 15.0 Å². The molecule has 4 heterocycles. The molecule has 6 nitrogen and oxygen atoms in total. The summed E-state index contributed by atoms with van der Waals surface area (Å²) in [5, 5.41) is 1.26. The molecule has 0 unspecified atom stereocenters. The molecule has 0 radical (unpaired) electrons. The molecule has 0 bridgehead atoms. The Labute approximate surface area is 191 Å². The van der Waals surface area contributed by atoms with Crippen LogP contribution in [0.4, 0.5) is 11.6 Å². The molecule has 6 rings (SSSR count). The van der Waals surface area contributed by atoms with Gasteiger partial charge in [-0.15, -0.1) is 11.3 Å². The zero-order chi connectivity index (χ0) is 21.5. The predicted octanol–water partition coefficient (Wildman–Crippen LogP) is 4.59. The third-order valence-electron chi connectivity index (χ3n) is 6.62. The highest BCUT2D eigenvalue weighted by molar-refractivity contribution is 7.26. The fourth-order valence-electron chi connectivity index (χ4n) is 5.07. The molecule has 0 spiro atoms. The van der Waals surface area contributed by atoms with Crippen LogP contribution in [-0.4, -0.2) is 48.3 Å². The van der Waals surface area contributed by atoms with E-state index in [0.717, 1.165) is 66.6 Å². The van der Waals surface area contributed by atoms with E-state index in [4.69, 9.17) is 19.7 Å². The Morgan fingerprint density at radius 3 is 2.62 bits per heavy atom. The number of ether oxygens (including phenoxy) is 1. The molecule has 32 heavy (non-hydrogen) atoms. The monoisotopic (exact) mass is 445 g/mol. The maximum absolute atomic E-state index is 5.60. The summed E-state index contributed by atoms with van der Waals surface area (Å²) in [6.45, 7) is 4.20. The quantitative estimate of drug-likeness (QED) is 0.458. The van der Waals surface area contributed by atoms with E-state index in [9.17, 15) is 0 Å². The van der Waals surface area contributed by atoms with Crippen LogP contribution in [0.1, 0.15) is 29.5 Å². The fraction of sp³-hybridized carbons (Fsp3) is 0.400. The van der Waals surface area contributed by atoms with E-state index < -0.39 is 0 Å². The van der Waals surface area contributed by atoms with Crippen molar-refractivity contribution in [2.45, 2.75) is 32.2 Å². The van der Waals surface area contributed by atoms with Gasteiger partial charge >= 0.3 is 0 Å². The Hall–Kier alpha value is -2.77. The van der Waals surface area contributed by atoms with Gasteiger partial charge in [0.2, 0.25) is 0 Å². The fourth-order valence-corrected chi connectivity index (χ4v) is 6.27. The number of hydrogen-bond acceptors (Lipinski definition) is 7. The normalized spacial score (nSPS) is 16.5. The van der Waals surface area contributed by atoms with Crippen molar-refractivity contribution in [3.63, 3.8) is 0 Å². The maximum Gasteiger partial charge on any atom is 0.150 e. The largest absolute Gasteiger partial charge is 0.378 e. The number of thiophene rings is 1. The third kappa shape index (κ3) is 3.40. The Balaban J connectivity index is 1.50. The Bertz CT molecular complexity index is 1270. The molecule has 0 amide bonds. The van der Waals surface area contributed by atoms with Crippen molar-refractivity contribution >= 4 is 43.4 Å². The molecule has 1 saturated heterocycles. The van der Waals surface area contributed by atoms with Crippen LogP contribution in [0.3, 0.4) is 0 Å². The van der Waals surface area contributed by atoms with E-state index in [0.29, 0.717) is 0 Å². The zero-order valence-electron chi connectivity index (χ0n) is 18.4. The van der Waals surface area contributed by atoms with Crippen molar-refractivity contribution in [3.05, 3.63) is 53.3 Å². The van der Waals surface area contributed by atoms with Crippen molar-refractivity contribution in [1.82, 2.24) is 15.0 Å². The Morgan fingerprint density at radius 1 is 1.03 bits per heavy atom. The summed E-state index contributed by atoms with van der Waals surface area (Å²) >= 11 is 1.74. The van der Waals surface area contributed by atoms with Crippen molar-refractivity contribution in [2.75, 3.05) is 43.2 Å². The van der Waals surface area contributed by atoms with Gasteiger partial charge in [0.1, 0.15) is 22.8 Å². The van der Waals surface area contributed by atoms with Crippen LogP contribution in [-0.2, 0) is 24.1 Å². The summed E-state index contributed by atoms with van der Waals surface area (Å²) in [4.78, 5) is 20.4. The molecule has 3 aromatic heterocycles. The van der Waals surface area contributed by atoms with Gasteiger partial charge in [0.25, 0.3) is 0 Å². The zero-order valence-corrected chi connectivity index (χ0v) is 19.2. The summed E-state index contributed by atoms with van der Waals surface area (Å²) in [5.74, 6) is 2.16. The van der Waals surface area contributed by atoms with Crippen LogP contribution < -0.4 is 9.80 Å². The number of aromatic nitrogens is 3. The minimum Gasteiger partial charge on any atom is -0.378 e. The summed E-state index contributed by atoms with van der Waals surface area (Å²) in [6, 6.07) is 10.5. The highest BCUT2D eigenvalue weighted by Gasteiger charge is 2.26. The molecule has 0 atom stereocenters. The topological polar surface area (TPSA) is 54.4 Å². The summed E-state index contributed by atoms with van der Waals surface area (Å²) in [7, 11) is 2.11. The van der Waals surface area contributed by atoms with Gasteiger partial charge in [0.05, 0.1) is 23.4 Å². The first kappa shape index (κ1) is 19.9. The van der Waals surface area contributed by atoms with Crippen LogP contribution >= 0.6 is 11.3 Å². The molecule has 0 N–H and O–H groups in total. The van der Waals surface area contributed by atoms with E-state index in [1.165, 1.54) is 40.7 Å². The van der Waals surface area contributed by atoms with Crippen LogP contribution in [0.15, 0.2) is 36.7 Å². The van der Waals surface area contributed by atoms with Gasteiger partial charge < -0.3 is 14.5 Å². The highest BCUT2D eigenvalue weighted by Crippen LogP contribution is 2.43. The first-order valence-electron chi connectivity index (χ1n) is 11.5. The van der Waals surface area contributed by atoms with Crippen LogP contribution in [0.25, 0.3) is 20.4 Å². The van der Waals surface area contributed by atoms with E-state index in [-0.39, 0.29) is 0 Å². The van der Waals surface area contributed by atoms with Crippen molar-refractivity contribution in [1.29, 1.82) is 0 Å². The molecule has 1 fully saturated rings. The molecule has 2 aliphatic rings. The van der Waals surface area contributed by atoms with Crippen molar-refractivity contribution < 1.29 is 4.74 Å². The molecule has 164 valence electrons. The number of morpholine rings is 1. The number of rotatable bonds is 4. The third-order valence-corrected chi connectivity index (χ3v) is 7.68. The van der Waals surface area contributed by atoms with E-state index in [2.05, 4.69) is 47.2 Å². The van der Waals surface area contributed by atoms with E-state index in [1.54, 1.807) is 17.7 Å². The van der Waals surface area contributed by atoms with Crippen molar-refractivity contribution in [2.24, 2.45) is 0 Å². The minimum atomic E-state index is 0.779. The smallest absolute Gasteiger partial charge is 0.150 e. The first-order chi connectivity index (χ1) is 15.8. The highest BCUT2D eigenvalue weighted by atomic mass is 32.1. The molecule has 1 aliphatic heterocycles. The van der Waals surface area contributed by atoms with Crippen LogP contribution in [0.2, 0.25) is 0 Å². The predicted molar refractivity (Wildman–Crippen MR) is 131 cm³/mol. The number of fused-ring (bicyclic) bond motifs is 5. The molecular weight excluding hydrogens is 418 g/mol. The minimum absolute atomic E-state index is 0.779. The summed E-state index contributed by atoms with van der Waals surface area (Å²) in [6.07, 6.45) is 6.40. The molecule has 1 aliphatic carbocycles. The van der Waals surface area contributed by atoms with Gasteiger partial charge in [-0.1, -0.05) is 30.3 Å². The molecule has 4 aromatic rings. The first-order valence-corrected chi connectivity index (χ1v) is 12.3. The van der Waals surface area contributed by atoms with E-state index in [1.807, 2.05) is 0 Å². The van der Waals surface area contributed by atoms with Gasteiger partial charge in [0.15, 0.2) is 0 Å². The van der Waals surface area contributed by atoms with Crippen LogP contribution in [0, 0.1) is 0 Å². The van der Waals surface area contributed by atoms with Crippen molar-refractivity contribution in [3.8, 4) is 0 Å². The summed E-state index contributed by atoms with van der Waals surface area (Å²) < 4.78 is 6.74. The lowest BCUT2D eigenvalue weighted by Gasteiger charge is -2.31. The molecular formula is C25H27N5OS. The van der Waals surface area contributed by atoms with Gasteiger partial charge in [0, 0.05) is 32.1 Å². The molecule has 1 aromatic carbocycles. The molecule has 7 heteroatoms. The van der Waals surface area contributed by atoms with Gasteiger partial charge in [-0.2, -0.15) is 0 Å². The second kappa shape index (κ2) is 8.30. The lowest BCUT2D eigenvalue weighted by Crippen LogP contribution is -2.37. The summed E-state index contributed by atoms with van der Waals surface area (Å²) in [5.41, 5.74) is 5.23. The molecule has 0 saturated carbocycles. The Kier molecular flexibility index (Phi) is 5.15. The van der Waals surface area contributed by atoms with Gasteiger partial charge in [-0.05, 0) is 42.4 Å². The number of hydrogen-bond donors (Lipinski definition) is 0. The standard InChI is InChI=1S/C25H27N5OS/c1-29(15-17-7-3-2-4-8-17)24-22-21(26-16-27-24)20-18-9-5-6-10-19(18)23(28-25(20)32-22)30-11-13-31-14-12-30/h2-4,7-8,16H,5-6,9-15H2,1H3. The van der Waals surface area contributed by atoms with Gasteiger partial charge in [-0.3, -0.25) is 0 Å². The lowest BCUT2D eigenvalue weighted by molar-refractivity contribution is 0.122. The number of anilines is 2. The number of nitrogens with zero attached hydrogens (tertiary/aromatic N) is 5. The number of benzene rings is 1. The second-order valence-electron chi connectivity index (χ2n) is 8.70.